The molecule has 0 amide bonds. The molecule has 0 N–H and O–H groups in total. The van der Waals surface area contributed by atoms with Crippen molar-refractivity contribution in [3.05, 3.63) is 46.7 Å². The van der Waals surface area contributed by atoms with Crippen molar-refractivity contribution in [1.29, 1.82) is 0 Å². The predicted octanol–water partition coefficient (Wildman–Crippen LogP) is 3.68. The molecule has 7 heteroatoms. The van der Waals surface area contributed by atoms with Gasteiger partial charge in [-0.3, -0.25) is 0 Å². The van der Waals surface area contributed by atoms with Gasteiger partial charge >= 0.3 is 5.97 Å². The third-order valence-electron chi connectivity index (χ3n) is 3.84. The minimum atomic E-state index is -0.825. The number of ether oxygens (including phenoxy) is 4. The molecule has 24 heavy (non-hydrogen) atoms. The van der Waals surface area contributed by atoms with Gasteiger partial charge in [0.2, 0.25) is 0 Å². The lowest BCUT2D eigenvalue weighted by molar-refractivity contribution is -0.214. The van der Waals surface area contributed by atoms with Crippen LogP contribution < -0.4 is 0 Å². The van der Waals surface area contributed by atoms with Gasteiger partial charge in [-0.15, -0.1) is 0 Å². The van der Waals surface area contributed by atoms with Gasteiger partial charge in [-0.1, -0.05) is 18.2 Å². The third kappa shape index (κ3) is 3.85. The molecular formula is C17H18BrFO5. The molecule has 0 aliphatic carbocycles. The normalized spacial score (nSPS) is 31.8. The molecule has 3 rings (SSSR count). The van der Waals surface area contributed by atoms with E-state index in [9.17, 15) is 9.18 Å². The second kappa shape index (κ2) is 6.92. The van der Waals surface area contributed by atoms with Crippen LogP contribution in [0.15, 0.2) is 41.1 Å². The van der Waals surface area contributed by atoms with Crippen LogP contribution in [-0.2, 0) is 18.9 Å². The number of halogens is 2. The summed E-state index contributed by atoms with van der Waals surface area (Å²) < 4.78 is 35.3. The van der Waals surface area contributed by atoms with Gasteiger partial charge in [-0.05, 0) is 54.4 Å². The van der Waals surface area contributed by atoms with Gasteiger partial charge in [0.25, 0.3) is 0 Å². The SMILES string of the molecule is CC1(C)O[C@H]2O[C@H](C/C=C(/F)Br)[C@@H](OC(=O)c3ccccc3)[C@H]2O1. The summed E-state index contributed by atoms with van der Waals surface area (Å²) in [5.41, 5.74) is 0.431. The van der Waals surface area contributed by atoms with Crippen LogP contribution in [0.25, 0.3) is 0 Å². The van der Waals surface area contributed by atoms with E-state index in [0.717, 1.165) is 0 Å². The van der Waals surface area contributed by atoms with Gasteiger partial charge in [-0.2, -0.15) is 4.39 Å². The van der Waals surface area contributed by atoms with Crippen LogP contribution in [-0.4, -0.2) is 36.4 Å². The van der Waals surface area contributed by atoms with Crippen LogP contribution in [0.3, 0.4) is 0 Å². The maximum absolute atomic E-state index is 13.0. The highest BCUT2D eigenvalue weighted by Gasteiger charge is 2.56. The number of carbonyl (C=O) groups is 1. The smallest absolute Gasteiger partial charge is 0.338 e. The number of fused-ring (bicyclic) bond motifs is 1. The molecule has 2 saturated heterocycles. The molecule has 2 aliphatic heterocycles. The third-order valence-corrected chi connectivity index (χ3v) is 4.17. The summed E-state index contributed by atoms with van der Waals surface area (Å²) >= 11 is 2.74. The molecule has 1 aromatic carbocycles. The molecule has 2 fully saturated rings. The summed E-state index contributed by atoms with van der Waals surface area (Å²) in [5.74, 6) is -1.31. The van der Waals surface area contributed by atoms with Crippen molar-refractivity contribution in [3.63, 3.8) is 0 Å². The number of hydrogen-bond acceptors (Lipinski definition) is 5. The summed E-state index contributed by atoms with van der Waals surface area (Å²) in [7, 11) is 0. The monoisotopic (exact) mass is 400 g/mol. The topological polar surface area (TPSA) is 54.0 Å². The van der Waals surface area contributed by atoms with Crippen LogP contribution in [0, 0.1) is 0 Å². The van der Waals surface area contributed by atoms with E-state index in [2.05, 4.69) is 15.9 Å². The first-order chi connectivity index (χ1) is 11.4. The van der Waals surface area contributed by atoms with Gasteiger partial charge in [0, 0.05) is 0 Å². The molecule has 0 radical (unpaired) electrons. The average molecular weight is 401 g/mol. The number of esters is 1. The molecular weight excluding hydrogens is 383 g/mol. The molecule has 2 aliphatic rings. The summed E-state index contributed by atoms with van der Waals surface area (Å²) in [4.78, 5) is 12.4. The van der Waals surface area contributed by atoms with Crippen LogP contribution >= 0.6 is 15.9 Å². The van der Waals surface area contributed by atoms with Gasteiger partial charge < -0.3 is 18.9 Å². The van der Waals surface area contributed by atoms with Crippen molar-refractivity contribution in [3.8, 4) is 0 Å². The highest BCUT2D eigenvalue weighted by atomic mass is 79.9. The second-order valence-electron chi connectivity index (χ2n) is 6.11. The first kappa shape index (κ1) is 17.5. The lowest BCUT2D eigenvalue weighted by Crippen LogP contribution is -2.38. The molecule has 0 aromatic heterocycles. The molecule has 1 aromatic rings. The summed E-state index contributed by atoms with van der Waals surface area (Å²) in [6.45, 7) is 3.52. The minimum absolute atomic E-state index is 0.226. The Kier molecular flexibility index (Phi) is 5.05. The number of carbonyl (C=O) groups excluding carboxylic acids is 1. The Balaban J connectivity index is 1.77. The Labute approximate surface area is 147 Å². The zero-order chi connectivity index (χ0) is 17.3. The molecule has 0 bridgehead atoms. The highest BCUT2D eigenvalue weighted by molar-refractivity contribution is 9.11. The number of hydrogen-bond donors (Lipinski definition) is 0. The van der Waals surface area contributed by atoms with Crippen molar-refractivity contribution < 1.29 is 28.1 Å². The van der Waals surface area contributed by atoms with E-state index in [1.54, 1.807) is 38.1 Å². The molecule has 4 atom stereocenters. The molecule has 5 nitrogen and oxygen atoms in total. The maximum atomic E-state index is 13.0. The summed E-state index contributed by atoms with van der Waals surface area (Å²) in [5, 5.41) is 0. The van der Waals surface area contributed by atoms with E-state index in [4.69, 9.17) is 18.9 Å². The van der Waals surface area contributed by atoms with Gasteiger partial charge in [0.05, 0.1) is 5.56 Å². The zero-order valence-electron chi connectivity index (χ0n) is 13.3. The van der Waals surface area contributed by atoms with Crippen LogP contribution in [0.2, 0.25) is 0 Å². The van der Waals surface area contributed by atoms with E-state index in [1.165, 1.54) is 6.08 Å². The second-order valence-corrected chi connectivity index (χ2v) is 6.87. The Morgan fingerprint density at radius 1 is 1.33 bits per heavy atom. The lowest BCUT2D eigenvalue weighted by atomic mass is 10.1. The van der Waals surface area contributed by atoms with Gasteiger partial charge in [-0.25, -0.2) is 4.79 Å². The van der Waals surface area contributed by atoms with Gasteiger partial charge in [0.15, 0.2) is 29.0 Å². The summed E-state index contributed by atoms with van der Waals surface area (Å²) in [6.07, 6.45) is -0.890. The van der Waals surface area contributed by atoms with E-state index in [-0.39, 0.29) is 6.42 Å². The van der Waals surface area contributed by atoms with Crippen LogP contribution in [0.5, 0.6) is 0 Å². The quantitative estimate of drug-likeness (QED) is 0.721. The maximum Gasteiger partial charge on any atom is 0.338 e. The summed E-state index contributed by atoms with van der Waals surface area (Å²) in [6, 6.07) is 8.65. The fraction of sp³-hybridized carbons (Fsp3) is 0.471. The minimum Gasteiger partial charge on any atom is -0.453 e. The first-order valence-electron chi connectivity index (χ1n) is 7.64. The van der Waals surface area contributed by atoms with Gasteiger partial charge in [0.1, 0.15) is 6.10 Å². The molecule has 130 valence electrons. The largest absolute Gasteiger partial charge is 0.453 e. The van der Waals surface area contributed by atoms with Crippen LogP contribution in [0.4, 0.5) is 4.39 Å². The highest BCUT2D eigenvalue weighted by Crippen LogP contribution is 2.40. The average Bonchev–Trinajstić information content (AvgIpc) is 2.99. The van der Waals surface area contributed by atoms with E-state index < -0.39 is 41.1 Å². The van der Waals surface area contributed by atoms with Crippen molar-refractivity contribution in [2.75, 3.05) is 0 Å². The zero-order valence-corrected chi connectivity index (χ0v) is 14.9. The standard InChI is InChI=1S/C17H18BrFO5/c1-17(2)23-14-13(22-15(20)10-6-4-3-5-7-10)11(8-9-12(18)19)21-16(14)24-17/h3-7,9,11,13-14,16H,8H2,1-2H3/b12-9+/t11-,13-,14-,16-/m1/s1. The molecule has 0 spiro atoms. The fourth-order valence-electron chi connectivity index (χ4n) is 2.85. The van der Waals surface area contributed by atoms with Crippen molar-refractivity contribution >= 4 is 21.9 Å². The van der Waals surface area contributed by atoms with E-state index >= 15 is 0 Å². The number of rotatable bonds is 4. The molecule has 0 saturated carbocycles. The van der Waals surface area contributed by atoms with Crippen molar-refractivity contribution in [2.45, 2.75) is 50.7 Å². The van der Waals surface area contributed by atoms with E-state index in [0.29, 0.717) is 5.56 Å². The van der Waals surface area contributed by atoms with Crippen LogP contribution in [0.1, 0.15) is 30.6 Å². The molecule has 2 heterocycles. The Hall–Kier alpha value is -1.28. The van der Waals surface area contributed by atoms with Crippen molar-refractivity contribution in [2.24, 2.45) is 0 Å². The lowest BCUT2D eigenvalue weighted by Gasteiger charge is -2.25. The Morgan fingerprint density at radius 2 is 2.04 bits per heavy atom. The fourth-order valence-corrected chi connectivity index (χ4v) is 3.04. The Morgan fingerprint density at radius 3 is 2.71 bits per heavy atom. The molecule has 0 unspecified atom stereocenters. The number of benzene rings is 1. The first-order valence-corrected chi connectivity index (χ1v) is 8.43. The van der Waals surface area contributed by atoms with E-state index in [1.807, 2.05) is 6.07 Å². The Bertz CT molecular complexity index is 629. The predicted molar refractivity (Wildman–Crippen MR) is 87.1 cm³/mol. The van der Waals surface area contributed by atoms with Crippen molar-refractivity contribution in [1.82, 2.24) is 0 Å².